The second-order valence-electron chi connectivity index (χ2n) is 7.60. The Morgan fingerprint density at radius 2 is 1.62 bits per heavy atom. The highest BCUT2D eigenvalue weighted by atomic mass is 32.2. The van der Waals surface area contributed by atoms with E-state index < -0.39 is 16.0 Å². The standard InChI is InChI=1S/C24H20N2O5S/c1-30-20-7-2-16(3-8-20)18-6-11-23-19(14-18)12-13-26(23)32(28,29)21-9-4-17(5-10-21)22-15-24(27)31-25-22/h2-11,14H,12-13,15H2,1H3. The Morgan fingerprint density at radius 3 is 2.28 bits per heavy atom. The van der Waals surface area contributed by atoms with Gasteiger partial charge in [-0.2, -0.15) is 0 Å². The predicted molar refractivity (Wildman–Crippen MR) is 120 cm³/mol. The molecule has 0 bridgehead atoms. The van der Waals surface area contributed by atoms with Crippen LogP contribution in [-0.2, 0) is 26.1 Å². The molecule has 5 rings (SSSR count). The van der Waals surface area contributed by atoms with Crippen LogP contribution < -0.4 is 9.04 Å². The van der Waals surface area contributed by atoms with E-state index in [1.54, 1.807) is 31.4 Å². The Labute approximate surface area is 185 Å². The van der Waals surface area contributed by atoms with E-state index in [2.05, 4.69) is 9.99 Å². The van der Waals surface area contributed by atoms with Gasteiger partial charge in [-0.1, -0.05) is 35.5 Å². The van der Waals surface area contributed by atoms with Crippen LogP contribution in [0.15, 0.2) is 76.8 Å². The van der Waals surface area contributed by atoms with Crippen LogP contribution in [0.25, 0.3) is 11.1 Å². The first kappa shape index (κ1) is 20.3. The summed E-state index contributed by atoms with van der Waals surface area (Å²) < 4.78 is 33.3. The molecular formula is C24H20N2O5S. The highest BCUT2D eigenvalue weighted by Crippen LogP contribution is 2.36. The fourth-order valence-corrected chi connectivity index (χ4v) is 5.50. The minimum absolute atomic E-state index is 0.0854. The molecule has 0 unspecified atom stereocenters. The van der Waals surface area contributed by atoms with Crippen LogP contribution >= 0.6 is 0 Å². The van der Waals surface area contributed by atoms with Gasteiger partial charge in [-0.15, -0.1) is 0 Å². The normalized spacial score (nSPS) is 15.3. The number of sulfonamides is 1. The van der Waals surface area contributed by atoms with Gasteiger partial charge in [0.1, 0.15) is 5.75 Å². The minimum atomic E-state index is -3.71. The van der Waals surface area contributed by atoms with Crippen molar-refractivity contribution in [3.63, 3.8) is 0 Å². The van der Waals surface area contributed by atoms with Crippen molar-refractivity contribution < 1.29 is 22.8 Å². The Bertz CT molecular complexity index is 1330. The molecule has 8 heteroatoms. The van der Waals surface area contributed by atoms with E-state index in [0.29, 0.717) is 29.9 Å². The Kier molecular flexibility index (Phi) is 4.94. The van der Waals surface area contributed by atoms with Crippen molar-refractivity contribution in [3.8, 4) is 16.9 Å². The molecule has 0 saturated heterocycles. The van der Waals surface area contributed by atoms with Gasteiger partial charge in [-0.05, 0) is 59.5 Å². The second kappa shape index (κ2) is 7.80. The van der Waals surface area contributed by atoms with Crippen LogP contribution in [0.4, 0.5) is 5.69 Å². The number of benzene rings is 3. The topological polar surface area (TPSA) is 85.3 Å². The van der Waals surface area contributed by atoms with Crippen molar-refractivity contribution in [2.75, 3.05) is 18.0 Å². The quantitative estimate of drug-likeness (QED) is 0.555. The molecule has 0 saturated carbocycles. The average Bonchev–Trinajstić information content (AvgIpc) is 3.45. The summed E-state index contributed by atoms with van der Waals surface area (Å²) in [4.78, 5) is 16.0. The maximum absolute atomic E-state index is 13.3. The SMILES string of the molecule is COc1ccc(-c2ccc3c(c2)CCN3S(=O)(=O)c2ccc(C3=NOC(=O)C3)cc2)cc1. The van der Waals surface area contributed by atoms with Crippen LogP contribution in [0.5, 0.6) is 5.75 Å². The molecule has 162 valence electrons. The molecule has 0 radical (unpaired) electrons. The Morgan fingerprint density at radius 1 is 0.938 bits per heavy atom. The molecule has 2 heterocycles. The molecule has 0 N–H and O–H groups in total. The van der Waals surface area contributed by atoms with Gasteiger partial charge in [0.2, 0.25) is 0 Å². The molecule has 0 aliphatic carbocycles. The zero-order valence-corrected chi connectivity index (χ0v) is 18.1. The van der Waals surface area contributed by atoms with Crippen molar-refractivity contribution in [3.05, 3.63) is 77.9 Å². The van der Waals surface area contributed by atoms with Crippen molar-refractivity contribution in [1.82, 2.24) is 0 Å². The lowest BCUT2D eigenvalue weighted by molar-refractivity contribution is -0.140. The minimum Gasteiger partial charge on any atom is -0.497 e. The summed E-state index contributed by atoms with van der Waals surface area (Å²) in [6.07, 6.45) is 0.731. The van der Waals surface area contributed by atoms with Crippen molar-refractivity contribution >= 4 is 27.4 Å². The molecule has 0 atom stereocenters. The number of nitrogens with zero attached hydrogens (tertiary/aromatic N) is 2. The van der Waals surface area contributed by atoms with Crippen LogP contribution in [0.1, 0.15) is 17.5 Å². The van der Waals surface area contributed by atoms with Gasteiger partial charge in [0, 0.05) is 12.1 Å². The van der Waals surface area contributed by atoms with Crippen molar-refractivity contribution in [1.29, 1.82) is 0 Å². The summed E-state index contributed by atoms with van der Waals surface area (Å²) in [5.74, 6) is 0.372. The van der Waals surface area contributed by atoms with E-state index >= 15 is 0 Å². The maximum Gasteiger partial charge on any atom is 0.341 e. The second-order valence-corrected chi connectivity index (χ2v) is 9.46. The van der Waals surface area contributed by atoms with Crippen LogP contribution in [-0.4, -0.2) is 33.8 Å². The van der Waals surface area contributed by atoms with Gasteiger partial charge in [0.05, 0.1) is 29.8 Å². The largest absolute Gasteiger partial charge is 0.497 e. The van der Waals surface area contributed by atoms with E-state index in [-0.39, 0.29) is 11.3 Å². The van der Waals surface area contributed by atoms with Gasteiger partial charge in [0.15, 0.2) is 0 Å². The molecule has 0 amide bonds. The summed E-state index contributed by atoms with van der Waals surface area (Å²) in [6.45, 7) is 0.389. The first-order valence-corrected chi connectivity index (χ1v) is 11.6. The number of fused-ring (bicyclic) bond motifs is 1. The molecule has 0 spiro atoms. The first-order valence-electron chi connectivity index (χ1n) is 10.1. The predicted octanol–water partition coefficient (Wildman–Crippen LogP) is 3.76. The lowest BCUT2D eigenvalue weighted by atomic mass is 10.0. The third-order valence-electron chi connectivity index (χ3n) is 5.70. The summed E-state index contributed by atoms with van der Waals surface area (Å²) in [7, 11) is -2.08. The summed E-state index contributed by atoms with van der Waals surface area (Å²) in [5, 5.41) is 3.73. The molecule has 3 aromatic rings. The van der Waals surface area contributed by atoms with E-state index in [0.717, 1.165) is 22.4 Å². The van der Waals surface area contributed by atoms with E-state index in [1.165, 1.54) is 4.31 Å². The lowest BCUT2D eigenvalue weighted by Gasteiger charge is -2.20. The number of methoxy groups -OCH3 is 1. The molecule has 2 aliphatic heterocycles. The molecule has 2 aliphatic rings. The van der Waals surface area contributed by atoms with Crippen molar-refractivity contribution in [2.24, 2.45) is 5.16 Å². The zero-order valence-electron chi connectivity index (χ0n) is 17.3. The lowest BCUT2D eigenvalue weighted by Crippen LogP contribution is -2.29. The number of carbonyl (C=O) groups excluding carboxylic acids is 1. The van der Waals surface area contributed by atoms with Crippen LogP contribution in [0, 0.1) is 0 Å². The van der Waals surface area contributed by atoms with Gasteiger partial charge in [-0.3, -0.25) is 4.31 Å². The Balaban J connectivity index is 1.41. The molecule has 7 nitrogen and oxygen atoms in total. The number of anilines is 1. The van der Waals surface area contributed by atoms with Gasteiger partial charge >= 0.3 is 5.97 Å². The third-order valence-corrected chi connectivity index (χ3v) is 7.53. The summed E-state index contributed by atoms with van der Waals surface area (Å²) in [5.41, 5.74) is 4.93. The van der Waals surface area contributed by atoms with E-state index in [9.17, 15) is 13.2 Å². The highest BCUT2D eigenvalue weighted by Gasteiger charge is 2.31. The van der Waals surface area contributed by atoms with Crippen LogP contribution in [0.2, 0.25) is 0 Å². The number of ether oxygens (including phenoxy) is 1. The molecule has 0 fully saturated rings. The van der Waals surface area contributed by atoms with Gasteiger partial charge < -0.3 is 9.57 Å². The fourth-order valence-electron chi connectivity index (χ4n) is 3.99. The smallest absolute Gasteiger partial charge is 0.341 e. The molecular weight excluding hydrogens is 428 g/mol. The average molecular weight is 449 g/mol. The van der Waals surface area contributed by atoms with Gasteiger partial charge in [-0.25, -0.2) is 13.2 Å². The zero-order chi connectivity index (χ0) is 22.3. The number of hydrogen-bond donors (Lipinski definition) is 0. The first-order chi connectivity index (χ1) is 15.5. The fraction of sp³-hybridized carbons (Fsp3) is 0.167. The van der Waals surface area contributed by atoms with E-state index in [4.69, 9.17) is 4.74 Å². The summed E-state index contributed by atoms with van der Waals surface area (Å²) in [6, 6.07) is 20.0. The number of carbonyl (C=O) groups is 1. The van der Waals surface area contributed by atoms with E-state index in [1.807, 2.05) is 42.5 Å². The summed E-state index contributed by atoms with van der Waals surface area (Å²) >= 11 is 0. The number of rotatable bonds is 5. The monoisotopic (exact) mass is 448 g/mol. The van der Waals surface area contributed by atoms with Crippen molar-refractivity contribution in [2.45, 2.75) is 17.7 Å². The maximum atomic E-state index is 13.3. The van der Waals surface area contributed by atoms with Crippen LogP contribution in [0.3, 0.4) is 0 Å². The Hall–Kier alpha value is -3.65. The molecule has 0 aromatic heterocycles. The number of oxime groups is 1. The molecule has 3 aromatic carbocycles. The highest BCUT2D eigenvalue weighted by molar-refractivity contribution is 7.92. The third kappa shape index (κ3) is 3.52. The number of hydrogen-bond acceptors (Lipinski definition) is 6. The molecule has 32 heavy (non-hydrogen) atoms. The van der Waals surface area contributed by atoms with Gasteiger partial charge in [0.25, 0.3) is 10.0 Å².